The molecule has 8 nitrogen and oxygen atoms in total. The molecule has 1 aromatic carbocycles. The van der Waals surface area contributed by atoms with Crippen molar-refractivity contribution in [3.05, 3.63) is 64.1 Å². The summed E-state index contributed by atoms with van der Waals surface area (Å²) in [7, 11) is -3.42. The van der Waals surface area contributed by atoms with E-state index in [9.17, 15) is 18.0 Å². The zero-order valence-electron chi connectivity index (χ0n) is 13.5. The maximum Gasteiger partial charge on any atom is 0.274 e. The minimum atomic E-state index is -3.42. The Morgan fingerprint density at radius 1 is 1.04 bits per heavy atom. The van der Waals surface area contributed by atoms with Crippen molar-refractivity contribution < 1.29 is 13.2 Å². The molecule has 1 aliphatic heterocycles. The first-order valence-corrected chi connectivity index (χ1v) is 9.43. The first-order chi connectivity index (χ1) is 12.0. The molecule has 0 saturated carbocycles. The summed E-state index contributed by atoms with van der Waals surface area (Å²) >= 11 is 0. The minimum absolute atomic E-state index is 0.0523. The molecule has 3 rings (SSSR count). The van der Waals surface area contributed by atoms with E-state index in [2.05, 4.69) is 10.2 Å². The molecule has 1 fully saturated rings. The Balaban J connectivity index is 1.62. The summed E-state index contributed by atoms with van der Waals surface area (Å²) in [6.07, 6.45) is 0. The fraction of sp³-hybridized carbons (Fsp3) is 0.312. The largest absolute Gasteiger partial charge is 0.335 e. The van der Waals surface area contributed by atoms with Crippen molar-refractivity contribution in [3.63, 3.8) is 0 Å². The maximum atomic E-state index is 12.5. The van der Waals surface area contributed by atoms with Crippen molar-refractivity contribution in [2.75, 3.05) is 26.2 Å². The molecule has 25 heavy (non-hydrogen) atoms. The molecule has 2 aromatic rings. The zero-order valence-corrected chi connectivity index (χ0v) is 14.3. The Hall–Kier alpha value is -2.52. The first kappa shape index (κ1) is 17.3. The van der Waals surface area contributed by atoms with E-state index in [1.807, 2.05) is 6.07 Å². The van der Waals surface area contributed by atoms with Crippen LogP contribution in [0.4, 0.5) is 0 Å². The monoisotopic (exact) mass is 362 g/mol. The smallest absolute Gasteiger partial charge is 0.274 e. The molecule has 0 radical (unpaired) electrons. The summed E-state index contributed by atoms with van der Waals surface area (Å²) in [5.41, 5.74) is 0.493. The highest BCUT2D eigenvalue weighted by molar-refractivity contribution is 7.88. The molecule has 132 valence electrons. The van der Waals surface area contributed by atoms with E-state index in [0.717, 1.165) is 5.56 Å². The van der Waals surface area contributed by atoms with Gasteiger partial charge in [0, 0.05) is 32.2 Å². The van der Waals surface area contributed by atoms with Gasteiger partial charge in [0.15, 0.2) is 0 Å². The number of nitrogens with zero attached hydrogens (tertiary/aromatic N) is 3. The number of hydrogen-bond acceptors (Lipinski definition) is 5. The van der Waals surface area contributed by atoms with Gasteiger partial charge in [-0.25, -0.2) is 13.5 Å². The molecule has 1 saturated heterocycles. The van der Waals surface area contributed by atoms with E-state index in [0.29, 0.717) is 0 Å². The van der Waals surface area contributed by atoms with Crippen molar-refractivity contribution >= 4 is 15.9 Å². The first-order valence-electron chi connectivity index (χ1n) is 7.82. The Labute approximate surface area is 145 Å². The van der Waals surface area contributed by atoms with E-state index >= 15 is 0 Å². The number of rotatable bonds is 4. The molecule has 1 aliphatic rings. The molecular formula is C16H18N4O4S. The Bertz CT molecular complexity index is 883. The van der Waals surface area contributed by atoms with Crippen molar-refractivity contribution in [1.82, 2.24) is 19.4 Å². The summed E-state index contributed by atoms with van der Waals surface area (Å²) in [6, 6.07) is 11.6. The van der Waals surface area contributed by atoms with E-state index < -0.39 is 10.0 Å². The van der Waals surface area contributed by atoms with Gasteiger partial charge in [0.05, 0.1) is 5.75 Å². The number of nitrogens with one attached hydrogen (secondary N) is 1. The second-order valence-corrected chi connectivity index (χ2v) is 7.71. The number of aromatic nitrogens is 2. The maximum absolute atomic E-state index is 12.5. The fourth-order valence-corrected chi connectivity index (χ4v) is 4.19. The number of sulfonamides is 1. The Morgan fingerprint density at radius 3 is 2.32 bits per heavy atom. The SMILES string of the molecule is O=C(c1ccc(=O)[nH]n1)N1CCN(S(=O)(=O)Cc2ccccc2)CC1. The number of H-pyrrole nitrogens is 1. The second kappa shape index (κ2) is 7.16. The number of piperazine rings is 1. The third-order valence-electron chi connectivity index (χ3n) is 4.01. The van der Waals surface area contributed by atoms with E-state index in [4.69, 9.17) is 0 Å². The van der Waals surface area contributed by atoms with Gasteiger partial charge in [0.25, 0.3) is 11.5 Å². The lowest BCUT2D eigenvalue weighted by atomic mass is 10.2. The average molecular weight is 362 g/mol. The lowest BCUT2D eigenvalue weighted by Gasteiger charge is -2.33. The molecule has 0 spiro atoms. The van der Waals surface area contributed by atoms with Crippen LogP contribution in [0.25, 0.3) is 0 Å². The van der Waals surface area contributed by atoms with Crippen molar-refractivity contribution in [2.45, 2.75) is 5.75 Å². The summed E-state index contributed by atoms with van der Waals surface area (Å²) in [5.74, 6) is -0.375. The molecule has 1 amide bonds. The Kier molecular flexibility index (Phi) is 4.95. The molecule has 0 unspecified atom stereocenters. The number of hydrogen-bond donors (Lipinski definition) is 1. The van der Waals surface area contributed by atoms with Gasteiger partial charge in [-0.05, 0) is 11.6 Å². The molecule has 9 heteroatoms. The minimum Gasteiger partial charge on any atom is -0.335 e. The number of carbonyl (C=O) groups is 1. The van der Waals surface area contributed by atoms with Crippen LogP contribution >= 0.6 is 0 Å². The van der Waals surface area contributed by atoms with Crippen molar-refractivity contribution in [2.24, 2.45) is 0 Å². The van der Waals surface area contributed by atoms with Gasteiger partial charge in [0.1, 0.15) is 5.69 Å². The van der Waals surface area contributed by atoms with Crippen LogP contribution < -0.4 is 5.56 Å². The Morgan fingerprint density at radius 2 is 1.72 bits per heavy atom. The summed E-state index contributed by atoms with van der Waals surface area (Å²) < 4.78 is 26.4. The number of benzene rings is 1. The number of aromatic amines is 1. The predicted octanol–water partition coefficient (Wildman–Crippen LogP) is 0.0577. The predicted molar refractivity (Wildman–Crippen MR) is 91.4 cm³/mol. The van der Waals surface area contributed by atoms with Crippen LogP contribution in [-0.2, 0) is 15.8 Å². The van der Waals surface area contributed by atoms with Crippen LogP contribution in [0.1, 0.15) is 16.1 Å². The van der Waals surface area contributed by atoms with Gasteiger partial charge < -0.3 is 4.90 Å². The third kappa shape index (κ3) is 4.12. The third-order valence-corrected chi connectivity index (χ3v) is 5.86. The van der Waals surface area contributed by atoms with Crippen molar-refractivity contribution in [1.29, 1.82) is 0 Å². The highest BCUT2D eigenvalue weighted by atomic mass is 32.2. The lowest BCUT2D eigenvalue weighted by Crippen LogP contribution is -2.51. The van der Waals surface area contributed by atoms with Crippen LogP contribution in [0.2, 0.25) is 0 Å². The fourth-order valence-electron chi connectivity index (χ4n) is 2.67. The summed E-state index contributed by atoms with van der Waals surface area (Å²) in [5, 5.41) is 5.94. The molecule has 1 aromatic heterocycles. The van der Waals surface area contributed by atoms with Gasteiger partial charge in [0.2, 0.25) is 10.0 Å². The second-order valence-electron chi connectivity index (χ2n) is 5.74. The summed E-state index contributed by atoms with van der Waals surface area (Å²) in [6.45, 7) is 1.05. The number of carbonyl (C=O) groups excluding carboxylic acids is 1. The van der Waals surface area contributed by atoms with Crippen LogP contribution in [0.3, 0.4) is 0 Å². The zero-order chi connectivity index (χ0) is 17.9. The molecule has 1 N–H and O–H groups in total. The molecule has 0 bridgehead atoms. The van der Waals surface area contributed by atoms with E-state index in [1.165, 1.54) is 21.3 Å². The van der Waals surface area contributed by atoms with Crippen LogP contribution in [0, 0.1) is 0 Å². The topological polar surface area (TPSA) is 103 Å². The highest BCUT2D eigenvalue weighted by Crippen LogP contribution is 2.14. The highest BCUT2D eigenvalue weighted by Gasteiger charge is 2.29. The van der Waals surface area contributed by atoms with Crippen LogP contribution in [-0.4, -0.2) is 59.9 Å². The van der Waals surface area contributed by atoms with Crippen LogP contribution in [0.5, 0.6) is 0 Å². The molecule has 0 atom stereocenters. The van der Waals surface area contributed by atoms with E-state index in [-0.39, 0.29) is 49.1 Å². The standard InChI is InChI=1S/C16H18N4O4S/c21-15-7-6-14(17-18-15)16(22)19-8-10-20(11-9-19)25(23,24)12-13-4-2-1-3-5-13/h1-7H,8-12H2,(H,18,21). The van der Waals surface area contributed by atoms with Gasteiger partial charge in [-0.3, -0.25) is 9.59 Å². The van der Waals surface area contributed by atoms with Crippen LogP contribution in [0.15, 0.2) is 47.3 Å². The molecule has 0 aliphatic carbocycles. The number of amides is 1. The van der Waals surface area contributed by atoms with Gasteiger partial charge in [-0.1, -0.05) is 30.3 Å². The lowest BCUT2D eigenvalue weighted by molar-refractivity contribution is 0.0690. The molecule has 2 heterocycles. The van der Waals surface area contributed by atoms with Crippen molar-refractivity contribution in [3.8, 4) is 0 Å². The summed E-state index contributed by atoms with van der Waals surface area (Å²) in [4.78, 5) is 24.9. The quantitative estimate of drug-likeness (QED) is 0.828. The molecular weight excluding hydrogens is 344 g/mol. The van der Waals surface area contributed by atoms with Gasteiger partial charge >= 0.3 is 0 Å². The average Bonchev–Trinajstić information content (AvgIpc) is 2.62. The van der Waals surface area contributed by atoms with E-state index in [1.54, 1.807) is 24.3 Å². The normalized spacial score (nSPS) is 15.9. The van der Waals surface area contributed by atoms with Gasteiger partial charge in [-0.15, -0.1) is 0 Å². The van der Waals surface area contributed by atoms with Gasteiger partial charge in [-0.2, -0.15) is 9.40 Å².